The Morgan fingerprint density at radius 1 is 1.25 bits per heavy atom. The first-order chi connectivity index (χ1) is 7.61. The SMILES string of the molecule is Cc1ccc(NC(=O)NC(=O)CCCl)cc1. The number of alkyl halides is 1. The molecule has 0 atom stereocenters. The zero-order chi connectivity index (χ0) is 12.0. The molecule has 0 radical (unpaired) electrons. The average molecular weight is 241 g/mol. The van der Waals surface area contributed by atoms with E-state index in [1.54, 1.807) is 12.1 Å². The molecular weight excluding hydrogens is 228 g/mol. The lowest BCUT2D eigenvalue weighted by Gasteiger charge is -2.06. The molecule has 5 heteroatoms. The summed E-state index contributed by atoms with van der Waals surface area (Å²) in [5, 5.41) is 4.71. The number of hydrogen-bond donors (Lipinski definition) is 2. The lowest BCUT2D eigenvalue weighted by atomic mass is 10.2. The van der Waals surface area contributed by atoms with Gasteiger partial charge in [0, 0.05) is 18.0 Å². The zero-order valence-electron chi connectivity index (χ0n) is 8.92. The topological polar surface area (TPSA) is 58.2 Å². The van der Waals surface area contributed by atoms with Crippen LogP contribution < -0.4 is 10.6 Å². The summed E-state index contributed by atoms with van der Waals surface area (Å²) in [4.78, 5) is 22.3. The number of benzene rings is 1. The van der Waals surface area contributed by atoms with Gasteiger partial charge in [-0.2, -0.15) is 0 Å². The Morgan fingerprint density at radius 2 is 1.88 bits per heavy atom. The largest absolute Gasteiger partial charge is 0.325 e. The standard InChI is InChI=1S/C11H13ClN2O2/c1-8-2-4-9(5-3-8)13-11(16)14-10(15)6-7-12/h2-5H,6-7H2,1H3,(H2,13,14,15,16). The summed E-state index contributed by atoms with van der Waals surface area (Å²) in [7, 11) is 0. The molecule has 16 heavy (non-hydrogen) atoms. The first-order valence-corrected chi connectivity index (χ1v) is 5.38. The molecule has 0 spiro atoms. The van der Waals surface area contributed by atoms with Gasteiger partial charge < -0.3 is 5.32 Å². The van der Waals surface area contributed by atoms with E-state index in [4.69, 9.17) is 11.6 Å². The first kappa shape index (κ1) is 12.5. The van der Waals surface area contributed by atoms with Crippen molar-refractivity contribution in [2.45, 2.75) is 13.3 Å². The summed E-state index contributed by atoms with van der Waals surface area (Å²) in [6, 6.07) is 6.73. The molecule has 0 aromatic heterocycles. The summed E-state index contributed by atoms with van der Waals surface area (Å²) < 4.78 is 0. The summed E-state index contributed by atoms with van der Waals surface area (Å²) >= 11 is 5.36. The van der Waals surface area contributed by atoms with Crippen LogP contribution in [-0.4, -0.2) is 17.8 Å². The maximum Gasteiger partial charge on any atom is 0.325 e. The van der Waals surface area contributed by atoms with Crippen molar-refractivity contribution in [3.63, 3.8) is 0 Å². The summed E-state index contributed by atoms with van der Waals surface area (Å²) in [6.07, 6.45) is 0.128. The molecule has 0 aliphatic rings. The van der Waals surface area contributed by atoms with Crippen LogP contribution in [0.1, 0.15) is 12.0 Å². The molecule has 0 aliphatic carbocycles. The predicted molar refractivity (Wildman–Crippen MR) is 63.7 cm³/mol. The Labute approximate surface area is 99.0 Å². The Kier molecular flexibility index (Phi) is 4.79. The Hall–Kier alpha value is -1.55. The molecule has 0 saturated heterocycles. The number of hydrogen-bond acceptors (Lipinski definition) is 2. The minimum absolute atomic E-state index is 0.128. The number of imide groups is 1. The van der Waals surface area contributed by atoms with Gasteiger partial charge in [-0.25, -0.2) is 4.79 Å². The molecule has 2 N–H and O–H groups in total. The maximum atomic E-state index is 11.3. The fourth-order valence-electron chi connectivity index (χ4n) is 1.07. The number of carbonyl (C=O) groups excluding carboxylic acids is 2. The highest BCUT2D eigenvalue weighted by Gasteiger charge is 2.06. The lowest BCUT2D eigenvalue weighted by Crippen LogP contribution is -2.34. The lowest BCUT2D eigenvalue weighted by molar-refractivity contribution is -0.119. The van der Waals surface area contributed by atoms with Gasteiger partial charge in [0.15, 0.2) is 0 Å². The highest BCUT2D eigenvalue weighted by atomic mass is 35.5. The maximum absolute atomic E-state index is 11.3. The molecule has 0 unspecified atom stereocenters. The highest BCUT2D eigenvalue weighted by Crippen LogP contribution is 2.07. The third kappa shape index (κ3) is 4.31. The van der Waals surface area contributed by atoms with Crippen LogP contribution in [0.4, 0.5) is 10.5 Å². The van der Waals surface area contributed by atoms with Gasteiger partial charge in [-0.1, -0.05) is 17.7 Å². The van der Waals surface area contributed by atoms with Crippen molar-refractivity contribution in [2.75, 3.05) is 11.2 Å². The van der Waals surface area contributed by atoms with Gasteiger partial charge in [0.05, 0.1) is 0 Å². The number of amides is 3. The normalized spacial score (nSPS) is 9.62. The molecule has 0 bridgehead atoms. The minimum Gasteiger partial charge on any atom is -0.308 e. The van der Waals surface area contributed by atoms with Crippen molar-refractivity contribution in [3.8, 4) is 0 Å². The van der Waals surface area contributed by atoms with Crippen LogP contribution in [0.2, 0.25) is 0 Å². The van der Waals surface area contributed by atoms with Crippen LogP contribution in [0.3, 0.4) is 0 Å². The van der Waals surface area contributed by atoms with Crippen LogP contribution in [0.5, 0.6) is 0 Å². The van der Waals surface area contributed by atoms with Gasteiger partial charge in [0.1, 0.15) is 0 Å². The number of halogens is 1. The van der Waals surface area contributed by atoms with Crippen LogP contribution in [0, 0.1) is 6.92 Å². The Bertz CT molecular complexity index is 376. The van der Waals surface area contributed by atoms with Crippen molar-refractivity contribution in [2.24, 2.45) is 0 Å². The van der Waals surface area contributed by atoms with Gasteiger partial charge in [0.2, 0.25) is 5.91 Å². The van der Waals surface area contributed by atoms with Crippen molar-refractivity contribution in [1.82, 2.24) is 5.32 Å². The van der Waals surface area contributed by atoms with Gasteiger partial charge >= 0.3 is 6.03 Å². The number of carbonyl (C=O) groups is 2. The zero-order valence-corrected chi connectivity index (χ0v) is 9.67. The van der Waals surface area contributed by atoms with Gasteiger partial charge in [0.25, 0.3) is 0 Å². The molecular formula is C11H13ClN2O2. The van der Waals surface area contributed by atoms with Crippen LogP contribution in [0.25, 0.3) is 0 Å². The second kappa shape index (κ2) is 6.12. The number of rotatable bonds is 3. The number of urea groups is 1. The van der Waals surface area contributed by atoms with E-state index in [9.17, 15) is 9.59 Å². The van der Waals surface area contributed by atoms with E-state index in [2.05, 4.69) is 10.6 Å². The molecule has 86 valence electrons. The molecule has 3 amide bonds. The second-order valence-electron chi connectivity index (χ2n) is 3.31. The number of aryl methyl sites for hydroxylation is 1. The fraction of sp³-hybridized carbons (Fsp3) is 0.273. The van der Waals surface area contributed by atoms with E-state index in [1.165, 1.54) is 0 Å². The second-order valence-corrected chi connectivity index (χ2v) is 3.69. The average Bonchev–Trinajstić information content (AvgIpc) is 2.21. The summed E-state index contributed by atoms with van der Waals surface area (Å²) in [5.74, 6) is -0.191. The van der Waals surface area contributed by atoms with Crippen molar-refractivity contribution in [3.05, 3.63) is 29.8 Å². The molecule has 1 aromatic carbocycles. The van der Waals surface area contributed by atoms with Crippen LogP contribution in [-0.2, 0) is 4.79 Å². The van der Waals surface area contributed by atoms with E-state index < -0.39 is 6.03 Å². The summed E-state index contributed by atoms with van der Waals surface area (Å²) in [6.45, 7) is 1.95. The van der Waals surface area contributed by atoms with E-state index in [1.807, 2.05) is 19.1 Å². The van der Waals surface area contributed by atoms with Gasteiger partial charge in [-0.3, -0.25) is 10.1 Å². The van der Waals surface area contributed by atoms with Crippen LogP contribution >= 0.6 is 11.6 Å². The van der Waals surface area contributed by atoms with Crippen molar-refractivity contribution in [1.29, 1.82) is 0 Å². The van der Waals surface area contributed by atoms with E-state index >= 15 is 0 Å². The minimum atomic E-state index is -0.543. The third-order valence-corrected chi connectivity index (χ3v) is 2.07. The number of nitrogens with one attached hydrogen (secondary N) is 2. The number of anilines is 1. The molecule has 0 aliphatic heterocycles. The van der Waals surface area contributed by atoms with Gasteiger partial charge in [-0.05, 0) is 19.1 Å². The van der Waals surface area contributed by atoms with Crippen LogP contribution in [0.15, 0.2) is 24.3 Å². The Balaban J connectivity index is 2.45. The van der Waals surface area contributed by atoms with E-state index in [-0.39, 0.29) is 18.2 Å². The first-order valence-electron chi connectivity index (χ1n) is 4.85. The molecule has 0 fully saturated rings. The smallest absolute Gasteiger partial charge is 0.308 e. The highest BCUT2D eigenvalue weighted by molar-refractivity contribution is 6.19. The molecule has 0 saturated carbocycles. The van der Waals surface area contributed by atoms with Crippen molar-refractivity contribution < 1.29 is 9.59 Å². The third-order valence-electron chi connectivity index (χ3n) is 1.88. The monoisotopic (exact) mass is 240 g/mol. The van der Waals surface area contributed by atoms with E-state index in [0.29, 0.717) is 5.69 Å². The molecule has 4 nitrogen and oxygen atoms in total. The predicted octanol–water partition coefficient (Wildman–Crippen LogP) is 2.27. The quantitative estimate of drug-likeness (QED) is 0.797. The Morgan fingerprint density at radius 3 is 2.44 bits per heavy atom. The molecule has 1 aromatic rings. The molecule has 0 heterocycles. The summed E-state index contributed by atoms with van der Waals surface area (Å²) in [5.41, 5.74) is 1.74. The van der Waals surface area contributed by atoms with Gasteiger partial charge in [-0.15, -0.1) is 11.6 Å². The van der Waals surface area contributed by atoms with E-state index in [0.717, 1.165) is 5.56 Å². The fourth-order valence-corrected chi connectivity index (χ4v) is 1.25. The van der Waals surface area contributed by atoms with Crippen molar-refractivity contribution >= 4 is 29.2 Å². The molecule has 1 rings (SSSR count).